The molecule has 0 amide bonds. The Hall–Kier alpha value is -2.20. The molecule has 2 aromatic heterocycles. The van der Waals surface area contributed by atoms with E-state index in [1.165, 1.54) is 0 Å². The third kappa shape index (κ3) is 1.87. The SMILES string of the molecule is Oc1ccccc1-c1ncc2ncc(Cl)cc2n1. The maximum Gasteiger partial charge on any atom is 0.163 e. The summed E-state index contributed by atoms with van der Waals surface area (Å²) in [6.45, 7) is 0. The number of nitrogens with zero attached hydrogens (tertiary/aromatic N) is 3. The van der Waals surface area contributed by atoms with Crippen molar-refractivity contribution >= 4 is 22.6 Å². The first kappa shape index (κ1) is 10.9. The lowest BCUT2D eigenvalue weighted by molar-refractivity contribution is 0.477. The number of hydrogen-bond donors (Lipinski definition) is 1. The molecule has 2 heterocycles. The number of aromatic nitrogens is 3. The van der Waals surface area contributed by atoms with Crippen LogP contribution in [0.1, 0.15) is 0 Å². The van der Waals surface area contributed by atoms with Gasteiger partial charge in [-0.05, 0) is 18.2 Å². The van der Waals surface area contributed by atoms with Crippen LogP contribution in [0.25, 0.3) is 22.4 Å². The maximum atomic E-state index is 9.77. The lowest BCUT2D eigenvalue weighted by Crippen LogP contribution is -1.91. The van der Waals surface area contributed by atoms with Gasteiger partial charge in [-0.25, -0.2) is 9.97 Å². The van der Waals surface area contributed by atoms with Crippen LogP contribution in [0.15, 0.2) is 42.7 Å². The molecule has 3 aromatic rings. The zero-order valence-electron chi connectivity index (χ0n) is 9.21. The number of fused-ring (bicyclic) bond motifs is 1. The molecule has 5 heteroatoms. The van der Waals surface area contributed by atoms with Gasteiger partial charge in [0.25, 0.3) is 0 Å². The fourth-order valence-electron chi connectivity index (χ4n) is 1.69. The zero-order valence-corrected chi connectivity index (χ0v) is 9.96. The summed E-state index contributed by atoms with van der Waals surface area (Å²) in [6.07, 6.45) is 3.16. The van der Waals surface area contributed by atoms with Gasteiger partial charge in [-0.3, -0.25) is 4.98 Å². The Morgan fingerprint density at radius 1 is 1.00 bits per heavy atom. The van der Waals surface area contributed by atoms with Crippen LogP contribution in [-0.4, -0.2) is 20.1 Å². The van der Waals surface area contributed by atoms with E-state index >= 15 is 0 Å². The minimum absolute atomic E-state index is 0.145. The van der Waals surface area contributed by atoms with Gasteiger partial charge in [0.15, 0.2) is 5.82 Å². The molecule has 0 bridgehead atoms. The lowest BCUT2D eigenvalue weighted by Gasteiger charge is -2.04. The molecule has 88 valence electrons. The molecule has 0 atom stereocenters. The second-order valence-electron chi connectivity index (χ2n) is 3.77. The van der Waals surface area contributed by atoms with Crippen molar-refractivity contribution in [1.29, 1.82) is 0 Å². The van der Waals surface area contributed by atoms with Crippen molar-refractivity contribution in [3.63, 3.8) is 0 Å². The summed E-state index contributed by atoms with van der Waals surface area (Å²) in [5.74, 6) is 0.594. The molecule has 0 aliphatic rings. The highest BCUT2D eigenvalue weighted by Crippen LogP contribution is 2.26. The first-order valence-electron chi connectivity index (χ1n) is 5.31. The molecule has 4 nitrogen and oxygen atoms in total. The van der Waals surface area contributed by atoms with Gasteiger partial charge < -0.3 is 5.11 Å². The number of rotatable bonds is 1. The largest absolute Gasteiger partial charge is 0.507 e. The van der Waals surface area contributed by atoms with Crippen LogP contribution in [0.5, 0.6) is 5.75 Å². The van der Waals surface area contributed by atoms with Crippen molar-refractivity contribution in [1.82, 2.24) is 15.0 Å². The summed E-state index contributed by atoms with van der Waals surface area (Å²) in [4.78, 5) is 12.7. The van der Waals surface area contributed by atoms with Crippen LogP contribution in [-0.2, 0) is 0 Å². The standard InChI is InChI=1S/C13H8ClN3O/c14-8-5-10-11(15-6-8)7-16-13(17-10)9-3-1-2-4-12(9)18/h1-7,18H. The molecule has 1 aromatic carbocycles. The molecule has 0 spiro atoms. The van der Waals surface area contributed by atoms with Gasteiger partial charge in [-0.15, -0.1) is 0 Å². The Morgan fingerprint density at radius 2 is 1.83 bits per heavy atom. The smallest absolute Gasteiger partial charge is 0.163 e. The topological polar surface area (TPSA) is 58.9 Å². The van der Waals surface area contributed by atoms with E-state index in [1.807, 2.05) is 6.07 Å². The number of hydrogen-bond acceptors (Lipinski definition) is 4. The molecule has 1 N–H and O–H groups in total. The Bertz CT molecular complexity index is 730. The normalized spacial score (nSPS) is 10.7. The van der Waals surface area contributed by atoms with Crippen molar-refractivity contribution in [2.24, 2.45) is 0 Å². The minimum Gasteiger partial charge on any atom is -0.507 e. The van der Waals surface area contributed by atoms with Crippen LogP contribution in [0.4, 0.5) is 0 Å². The zero-order chi connectivity index (χ0) is 12.5. The van der Waals surface area contributed by atoms with E-state index < -0.39 is 0 Å². The third-order valence-electron chi connectivity index (χ3n) is 2.54. The monoisotopic (exact) mass is 257 g/mol. The molecule has 0 saturated heterocycles. The highest BCUT2D eigenvalue weighted by atomic mass is 35.5. The highest BCUT2D eigenvalue weighted by Gasteiger charge is 2.07. The van der Waals surface area contributed by atoms with Gasteiger partial charge in [0, 0.05) is 6.20 Å². The summed E-state index contributed by atoms with van der Waals surface area (Å²) in [6, 6.07) is 8.64. The van der Waals surface area contributed by atoms with Crippen LogP contribution in [0, 0.1) is 0 Å². The molecular weight excluding hydrogens is 250 g/mol. The number of para-hydroxylation sites is 1. The van der Waals surface area contributed by atoms with Gasteiger partial charge in [-0.2, -0.15) is 0 Å². The average molecular weight is 258 g/mol. The van der Waals surface area contributed by atoms with E-state index in [1.54, 1.807) is 36.7 Å². The fourth-order valence-corrected chi connectivity index (χ4v) is 1.84. The molecule has 0 aliphatic heterocycles. The Labute approximate surface area is 108 Å². The second-order valence-corrected chi connectivity index (χ2v) is 4.21. The van der Waals surface area contributed by atoms with Gasteiger partial charge in [0.2, 0.25) is 0 Å². The van der Waals surface area contributed by atoms with Gasteiger partial charge in [-0.1, -0.05) is 23.7 Å². The minimum atomic E-state index is 0.145. The van der Waals surface area contributed by atoms with Gasteiger partial charge >= 0.3 is 0 Å². The second kappa shape index (κ2) is 4.23. The number of benzene rings is 1. The van der Waals surface area contributed by atoms with Crippen LogP contribution < -0.4 is 0 Å². The van der Waals surface area contributed by atoms with Crippen molar-refractivity contribution in [3.05, 3.63) is 47.7 Å². The molecule has 0 aliphatic carbocycles. The lowest BCUT2D eigenvalue weighted by atomic mass is 10.2. The summed E-state index contributed by atoms with van der Waals surface area (Å²) >= 11 is 5.88. The molecule has 0 fully saturated rings. The Morgan fingerprint density at radius 3 is 2.67 bits per heavy atom. The first-order valence-corrected chi connectivity index (χ1v) is 5.68. The van der Waals surface area contributed by atoms with Crippen molar-refractivity contribution in [2.75, 3.05) is 0 Å². The molecule has 0 unspecified atom stereocenters. The summed E-state index contributed by atoms with van der Waals surface area (Å²) < 4.78 is 0. The number of phenols is 1. The number of halogens is 1. The van der Waals surface area contributed by atoms with Crippen LogP contribution in [0.3, 0.4) is 0 Å². The van der Waals surface area contributed by atoms with E-state index in [0.29, 0.717) is 27.4 Å². The molecular formula is C13H8ClN3O. The summed E-state index contributed by atoms with van der Waals surface area (Å²) in [7, 11) is 0. The first-order chi connectivity index (χ1) is 8.74. The van der Waals surface area contributed by atoms with Gasteiger partial charge in [0.05, 0.1) is 22.3 Å². The molecule has 18 heavy (non-hydrogen) atoms. The predicted octanol–water partition coefficient (Wildman–Crippen LogP) is 3.05. The highest BCUT2D eigenvalue weighted by molar-refractivity contribution is 6.31. The van der Waals surface area contributed by atoms with Crippen LogP contribution >= 0.6 is 11.6 Å². The fraction of sp³-hybridized carbons (Fsp3) is 0. The number of pyridine rings is 1. The maximum absolute atomic E-state index is 9.77. The third-order valence-corrected chi connectivity index (χ3v) is 2.75. The molecule has 0 radical (unpaired) electrons. The summed E-state index contributed by atoms with van der Waals surface area (Å²) in [5.41, 5.74) is 1.90. The van der Waals surface area contributed by atoms with E-state index in [0.717, 1.165) is 0 Å². The average Bonchev–Trinajstić information content (AvgIpc) is 2.38. The van der Waals surface area contributed by atoms with Crippen LogP contribution in [0.2, 0.25) is 5.02 Å². The van der Waals surface area contributed by atoms with E-state index in [2.05, 4.69) is 15.0 Å². The van der Waals surface area contributed by atoms with E-state index in [4.69, 9.17) is 11.6 Å². The van der Waals surface area contributed by atoms with Crippen molar-refractivity contribution in [3.8, 4) is 17.1 Å². The van der Waals surface area contributed by atoms with E-state index in [-0.39, 0.29) is 5.75 Å². The number of aromatic hydroxyl groups is 1. The Kier molecular flexibility index (Phi) is 2.57. The molecule has 3 rings (SSSR count). The summed E-state index contributed by atoms with van der Waals surface area (Å²) in [5, 5.41) is 10.3. The van der Waals surface area contributed by atoms with Crippen molar-refractivity contribution < 1.29 is 5.11 Å². The predicted molar refractivity (Wildman–Crippen MR) is 69.4 cm³/mol. The number of phenolic OH excluding ortho intramolecular Hbond substituents is 1. The van der Waals surface area contributed by atoms with Gasteiger partial charge in [0.1, 0.15) is 11.3 Å². The van der Waals surface area contributed by atoms with E-state index in [9.17, 15) is 5.11 Å². The quantitative estimate of drug-likeness (QED) is 0.728. The Balaban J connectivity index is 2.22. The van der Waals surface area contributed by atoms with Crippen molar-refractivity contribution in [2.45, 2.75) is 0 Å². The molecule has 0 saturated carbocycles.